The summed E-state index contributed by atoms with van der Waals surface area (Å²) in [6.07, 6.45) is 7.39. The number of phenols is 2. The van der Waals surface area contributed by atoms with Gasteiger partial charge in [-0.3, -0.25) is 14.4 Å². The Morgan fingerprint density at radius 3 is 2.03 bits per heavy atom. The number of hydrogen-bond acceptors (Lipinski definition) is 6. The molecule has 176 valence electrons. The molecule has 0 amide bonds. The molecule has 6 nitrogen and oxygen atoms in total. The van der Waals surface area contributed by atoms with Crippen LogP contribution in [0.4, 0.5) is 0 Å². The first-order valence-corrected chi connectivity index (χ1v) is 10.9. The Bertz CT molecular complexity index is 1090. The SMILES string of the molecule is CC(C)=CCCC(C)=CCC1(CC=C(C)C)C(=O)C(=O)C(=C(O)c2ccc(O)c(O)c2)C1=O. The van der Waals surface area contributed by atoms with Gasteiger partial charge in [0, 0.05) is 5.56 Å². The Kier molecular flexibility index (Phi) is 8.20. The van der Waals surface area contributed by atoms with Crippen LogP contribution < -0.4 is 0 Å². The summed E-state index contributed by atoms with van der Waals surface area (Å²) >= 11 is 0. The van der Waals surface area contributed by atoms with Crippen molar-refractivity contribution < 1.29 is 29.7 Å². The van der Waals surface area contributed by atoms with Crippen LogP contribution in [0.1, 0.15) is 65.9 Å². The average molecular weight is 453 g/mol. The van der Waals surface area contributed by atoms with E-state index in [-0.39, 0.29) is 18.4 Å². The number of aliphatic hydroxyl groups is 1. The molecule has 0 bridgehead atoms. The molecule has 1 aliphatic carbocycles. The van der Waals surface area contributed by atoms with Gasteiger partial charge in [0.2, 0.25) is 11.6 Å². The molecule has 6 heteroatoms. The van der Waals surface area contributed by atoms with Gasteiger partial charge < -0.3 is 15.3 Å². The predicted molar refractivity (Wildman–Crippen MR) is 128 cm³/mol. The van der Waals surface area contributed by atoms with E-state index in [9.17, 15) is 29.7 Å². The van der Waals surface area contributed by atoms with Crippen molar-refractivity contribution in [2.45, 2.75) is 60.3 Å². The van der Waals surface area contributed by atoms with E-state index in [1.165, 1.54) is 11.6 Å². The van der Waals surface area contributed by atoms with Gasteiger partial charge in [0.15, 0.2) is 17.3 Å². The summed E-state index contributed by atoms with van der Waals surface area (Å²) in [4.78, 5) is 39.5. The number of carbonyl (C=O) groups is 3. The van der Waals surface area contributed by atoms with Gasteiger partial charge >= 0.3 is 0 Å². The van der Waals surface area contributed by atoms with Crippen LogP contribution in [-0.2, 0) is 14.4 Å². The van der Waals surface area contributed by atoms with Crippen LogP contribution in [0.25, 0.3) is 5.76 Å². The summed E-state index contributed by atoms with van der Waals surface area (Å²) in [5.74, 6) is -4.23. The number of benzene rings is 1. The van der Waals surface area contributed by atoms with E-state index < -0.39 is 45.6 Å². The lowest BCUT2D eigenvalue weighted by Gasteiger charge is -2.22. The highest BCUT2D eigenvalue weighted by atomic mass is 16.3. The van der Waals surface area contributed by atoms with Crippen molar-refractivity contribution in [3.05, 3.63) is 64.3 Å². The summed E-state index contributed by atoms with van der Waals surface area (Å²) in [6.45, 7) is 9.64. The standard InChI is InChI=1S/C27H32O6/c1-16(2)7-6-8-18(5)12-14-27(13-11-17(3)4)25(32)22(24(31)26(27)33)23(30)19-9-10-20(28)21(29)15-19/h7,9-12,15,28-30H,6,8,13-14H2,1-5H3. The molecule has 0 aliphatic heterocycles. The molecule has 1 unspecified atom stereocenters. The lowest BCUT2D eigenvalue weighted by atomic mass is 9.76. The van der Waals surface area contributed by atoms with E-state index in [1.807, 2.05) is 40.7 Å². The summed E-state index contributed by atoms with van der Waals surface area (Å²) in [7, 11) is 0. The number of carbonyl (C=O) groups excluding carboxylic acids is 3. The number of rotatable bonds is 8. The highest BCUT2D eigenvalue weighted by molar-refractivity contribution is 6.62. The fraction of sp³-hybridized carbons (Fsp3) is 0.370. The molecule has 1 fully saturated rings. The van der Waals surface area contributed by atoms with Crippen molar-refractivity contribution in [3.8, 4) is 11.5 Å². The summed E-state index contributed by atoms with van der Waals surface area (Å²) in [5, 5.41) is 29.9. The maximum atomic E-state index is 13.5. The van der Waals surface area contributed by atoms with Crippen LogP contribution in [0.15, 0.2) is 58.7 Å². The first-order valence-electron chi connectivity index (χ1n) is 10.9. The summed E-state index contributed by atoms with van der Waals surface area (Å²) in [6, 6.07) is 3.42. The second-order valence-corrected chi connectivity index (χ2v) is 9.06. The van der Waals surface area contributed by atoms with Gasteiger partial charge in [0.25, 0.3) is 0 Å². The van der Waals surface area contributed by atoms with E-state index in [2.05, 4.69) is 6.08 Å². The topological polar surface area (TPSA) is 112 Å². The molecule has 0 heterocycles. The molecule has 2 rings (SSSR count). The monoisotopic (exact) mass is 452 g/mol. The van der Waals surface area contributed by atoms with Crippen LogP contribution in [0, 0.1) is 5.41 Å². The van der Waals surface area contributed by atoms with Crippen LogP contribution in [-0.4, -0.2) is 32.7 Å². The predicted octanol–water partition coefficient (Wildman–Crippen LogP) is 5.51. The number of phenolic OH excluding ortho intramolecular Hbond substituents is 2. The second-order valence-electron chi connectivity index (χ2n) is 9.06. The van der Waals surface area contributed by atoms with Crippen LogP contribution >= 0.6 is 0 Å². The van der Waals surface area contributed by atoms with Crippen molar-refractivity contribution in [2.75, 3.05) is 0 Å². The van der Waals surface area contributed by atoms with Gasteiger partial charge in [-0.25, -0.2) is 0 Å². The molecule has 1 aromatic carbocycles. The Balaban J connectivity index is 2.52. The first-order chi connectivity index (χ1) is 15.4. The van der Waals surface area contributed by atoms with E-state index in [0.29, 0.717) is 0 Å². The number of hydrogen-bond donors (Lipinski definition) is 3. The minimum atomic E-state index is -1.62. The van der Waals surface area contributed by atoms with E-state index in [0.717, 1.165) is 36.1 Å². The normalized spacial score (nSPS) is 20.2. The van der Waals surface area contributed by atoms with Gasteiger partial charge in [-0.05, 0) is 78.5 Å². The number of Topliss-reactive ketones (excluding diaryl/α,β-unsaturated/α-hetero) is 3. The Morgan fingerprint density at radius 2 is 1.45 bits per heavy atom. The zero-order valence-corrected chi connectivity index (χ0v) is 19.9. The molecule has 1 aromatic rings. The molecule has 33 heavy (non-hydrogen) atoms. The molecule has 1 atom stereocenters. The third-order valence-electron chi connectivity index (χ3n) is 5.76. The maximum absolute atomic E-state index is 13.5. The molecule has 3 N–H and O–H groups in total. The van der Waals surface area contributed by atoms with Crippen LogP contribution in [0.5, 0.6) is 11.5 Å². The second kappa shape index (κ2) is 10.5. The van der Waals surface area contributed by atoms with Gasteiger partial charge in [-0.2, -0.15) is 0 Å². The smallest absolute Gasteiger partial charge is 0.237 e. The molecule has 0 aromatic heterocycles. The summed E-state index contributed by atoms with van der Waals surface area (Å²) in [5.41, 5.74) is 0.872. The fourth-order valence-corrected chi connectivity index (χ4v) is 3.68. The molecule has 0 spiro atoms. The number of ketones is 3. The largest absolute Gasteiger partial charge is 0.506 e. The molecule has 0 radical (unpaired) electrons. The van der Waals surface area contributed by atoms with E-state index in [1.54, 1.807) is 6.08 Å². The van der Waals surface area contributed by atoms with Gasteiger partial charge in [0.1, 0.15) is 16.7 Å². The zero-order chi connectivity index (χ0) is 24.9. The van der Waals surface area contributed by atoms with Crippen molar-refractivity contribution in [1.29, 1.82) is 0 Å². The van der Waals surface area contributed by atoms with Crippen molar-refractivity contribution in [1.82, 2.24) is 0 Å². The molecule has 1 aliphatic rings. The molecular formula is C27H32O6. The third kappa shape index (κ3) is 5.69. The lowest BCUT2D eigenvalue weighted by Crippen LogP contribution is -2.33. The van der Waals surface area contributed by atoms with Gasteiger partial charge in [-0.1, -0.05) is 34.9 Å². The Hall–Kier alpha value is -3.41. The van der Waals surface area contributed by atoms with Crippen molar-refractivity contribution in [3.63, 3.8) is 0 Å². The Labute approximate surface area is 194 Å². The van der Waals surface area contributed by atoms with Crippen molar-refractivity contribution >= 4 is 23.1 Å². The van der Waals surface area contributed by atoms with E-state index >= 15 is 0 Å². The zero-order valence-electron chi connectivity index (χ0n) is 19.9. The van der Waals surface area contributed by atoms with Crippen LogP contribution in [0.2, 0.25) is 0 Å². The average Bonchev–Trinajstić information content (AvgIpc) is 2.92. The highest BCUT2D eigenvalue weighted by Gasteiger charge is 2.57. The maximum Gasteiger partial charge on any atom is 0.237 e. The first kappa shape index (κ1) is 25.8. The molecular weight excluding hydrogens is 420 g/mol. The lowest BCUT2D eigenvalue weighted by molar-refractivity contribution is -0.140. The minimum Gasteiger partial charge on any atom is -0.506 e. The summed E-state index contributed by atoms with van der Waals surface area (Å²) < 4.78 is 0. The molecule has 1 saturated carbocycles. The number of aromatic hydroxyl groups is 2. The molecule has 0 saturated heterocycles. The van der Waals surface area contributed by atoms with Gasteiger partial charge in [-0.15, -0.1) is 0 Å². The van der Waals surface area contributed by atoms with E-state index in [4.69, 9.17) is 0 Å². The Morgan fingerprint density at radius 1 is 0.848 bits per heavy atom. The number of allylic oxidation sites excluding steroid dienone is 7. The third-order valence-corrected chi connectivity index (χ3v) is 5.76. The van der Waals surface area contributed by atoms with Gasteiger partial charge in [0.05, 0.1) is 0 Å². The van der Waals surface area contributed by atoms with Crippen molar-refractivity contribution in [2.24, 2.45) is 5.41 Å². The fourth-order valence-electron chi connectivity index (χ4n) is 3.68. The number of aliphatic hydroxyl groups excluding tert-OH is 1. The quantitative estimate of drug-likeness (QED) is 0.0911. The van der Waals surface area contributed by atoms with Crippen LogP contribution in [0.3, 0.4) is 0 Å². The highest BCUT2D eigenvalue weighted by Crippen LogP contribution is 2.43. The minimum absolute atomic E-state index is 0.0405.